The van der Waals surface area contributed by atoms with Gasteiger partial charge in [0.15, 0.2) is 0 Å². The first-order chi connectivity index (χ1) is 7.78. The van der Waals surface area contributed by atoms with Gasteiger partial charge in [-0.25, -0.2) is 4.98 Å². The van der Waals surface area contributed by atoms with Crippen LogP contribution in [0.4, 0.5) is 0 Å². The zero-order chi connectivity index (χ0) is 11.0. The van der Waals surface area contributed by atoms with Crippen LogP contribution in [0, 0.1) is 0 Å². The Morgan fingerprint density at radius 2 is 1.75 bits per heavy atom. The molecule has 0 aromatic carbocycles. The van der Waals surface area contributed by atoms with Crippen molar-refractivity contribution in [3.05, 3.63) is 15.6 Å². The van der Waals surface area contributed by atoms with Crippen LogP contribution in [-0.2, 0) is 18.4 Å². The molecule has 2 aliphatic carbocycles. The lowest BCUT2D eigenvalue weighted by Crippen LogP contribution is -2.38. The predicted octanol–water partition coefficient (Wildman–Crippen LogP) is 3.14. The summed E-state index contributed by atoms with van der Waals surface area (Å²) >= 11 is 1.90. The van der Waals surface area contributed by atoms with E-state index in [0.29, 0.717) is 0 Å². The molecule has 2 nitrogen and oxygen atoms in total. The molecule has 3 rings (SSSR count). The first-order valence-electron chi connectivity index (χ1n) is 6.56. The Morgan fingerprint density at radius 3 is 2.50 bits per heavy atom. The van der Waals surface area contributed by atoms with Gasteiger partial charge < -0.3 is 5.73 Å². The van der Waals surface area contributed by atoms with Crippen LogP contribution in [-0.4, -0.2) is 4.98 Å². The highest BCUT2D eigenvalue weighted by atomic mass is 32.1. The normalized spacial score (nSPS) is 24.1. The predicted molar refractivity (Wildman–Crippen MR) is 67.7 cm³/mol. The third-order valence-electron chi connectivity index (χ3n) is 4.02. The average Bonchev–Trinajstić information content (AvgIpc) is 2.74. The van der Waals surface area contributed by atoms with Crippen molar-refractivity contribution in [3.63, 3.8) is 0 Å². The smallest absolute Gasteiger partial charge is 0.113 e. The van der Waals surface area contributed by atoms with Crippen molar-refractivity contribution < 1.29 is 0 Å². The fourth-order valence-electron chi connectivity index (χ4n) is 2.96. The van der Waals surface area contributed by atoms with Crippen LogP contribution in [0.25, 0.3) is 0 Å². The summed E-state index contributed by atoms with van der Waals surface area (Å²) in [6, 6.07) is 0. The van der Waals surface area contributed by atoms with E-state index in [9.17, 15) is 0 Å². The standard InChI is InChI=1S/C13H20N2S/c14-13(8-4-1-5-9-13)12-15-10-6-2-3-7-11(10)16-12/h1-9,14H2. The van der Waals surface area contributed by atoms with E-state index in [1.54, 1.807) is 0 Å². The van der Waals surface area contributed by atoms with E-state index in [2.05, 4.69) is 0 Å². The summed E-state index contributed by atoms with van der Waals surface area (Å²) in [5.74, 6) is 0. The van der Waals surface area contributed by atoms with E-state index in [1.807, 2.05) is 11.3 Å². The Hall–Kier alpha value is -0.410. The van der Waals surface area contributed by atoms with E-state index in [0.717, 1.165) is 12.8 Å². The van der Waals surface area contributed by atoms with Crippen molar-refractivity contribution in [2.75, 3.05) is 0 Å². The number of hydrogen-bond donors (Lipinski definition) is 1. The molecule has 0 saturated heterocycles. The number of aromatic nitrogens is 1. The van der Waals surface area contributed by atoms with Gasteiger partial charge in [-0.15, -0.1) is 11.3 Å². The molecule has 0 radical (unpaired) electrons. The number of thiazole rings is 1. The maximum atomic E-state index is 6.54. The topological polar surface area (TPSA) is 38.9 Å². The van der Waals surface area contributed by atoms with E-state index in [4.69, 9.17) is 10.7 Å². The van der Waals surface area contributed by atoms with Crippen molar-refractivity contribution >= 4 is 11.3 Å². The Bertz CT molecular complexity index is 354. The lowest BCUT2D eigenvalue weighted by molar-refractivity contribution is 0.301. The summed E-state index contributed by atoms with van der Waals surface area (Å²) in [4.78, 5) is 6.36. The van der Waals surface area contributed by atoms with Gasteiger partial charge in [-0.3, -0.25) is 0 Å². The summed E-state index contributed by atoms with van der Waals surface area (Å²) in [5, 5.41) is 1.24. The molecule has 1 saturated carbocycles. The van der Waals surface area contributed by atoms with Gasteiger partial charge in [0.1, 0.15) is 5.01 Å². The number of nitrogens with zero attached hydrogens (tertiary/aromatic N) is 1. The largest absolute Gasteiger partial charge is 0.319 e. The first kappa shape index (κ1) is 10.7. The molecule has 0 atom stereocenters. The minimum absolute atomic E-state index is 0.0831. The summed E-state index contributed by atoms with van der Waals surface area (Å²) in [6.45, 7) is 0. The molecule has 1 aromatic heterocycles. The molecule has 0 unspecified atom stereocenters. The summed E-state index contributed by atoms with van der Waals surface area (Å²) in [7, 11) is 0. The van der Waals surface area contributed by atoms with Crippen LogP contribution >= 0.6 is 11.3 Å². The van der Waals surface area contributed by atoms with Crippen LogP contribution in [0.1, 0.15) is 60.5 Å². The Kier molecular flexibility index (Phi) is 2.76. The van der Waals surface area contributed by atoms with Crippen molar-refractivity contribution in [1.82, 2.24) is 4.98 Å². The zero-order valence-corrected chi connectivity index (χ0v) is 10.6. The molecule has 88 valence electrons. The van der Waals surface area contributed by atoms with Gasteiger partial charge in [0, 0.05) is 4.88 Å². The molecule has 0 aliphatic heterocycles. The van der Waals surface area contributed by atoms with Crippen molar-refractivity contribution in [3.8, 4) is 0 Å². The van der Waals surface area contributed by atoms with Crippen molar-refractivity contribution in [1.29, 1.82) is 0 Å². The average molecular weight is 236 g/mol. The number of aryl methyl sites for hydroxylation is 2. The summed E-state index contributed by atoms with van der Waals surface area (Å²) < 4.78 is 0. The van der Waals surface area contributed by atoms with E-state index in [-0.39, 0.29) is 5.54 Å². The lowest BCUT2D eigenvalue weighted by atomic mass is 9.83. The molecule has 0 amide bonds. The van der Waals surface area contributed by atoms with Gasteiger partial charge in [0.25, 0.3) is 0 Å². The fourth-order valence-corrected chi connectivity index (χ4v) is 4.27. The molecule has 3 heteroatoms. The minimum atomic E-state index is -0.0831. The highest BCUT2D eigenvalue weighted by molar-refractivity contribution is 7.11. The minimum Gasteiger partial charge on any atom is -0.319 e. The van der Waals surface area contributed by atoms with Gasteiger partial charge in [0.05, 0.1) is 11.2 Å². The van der Waals surface area contributed by atoms with Crippen LogP contribution in [0.2, 0.25) is 0 Å². The Labute approximate surface area is 101 Å². The highest BCUT2D eigenvalue weighted by Crippen LogP contribution is 2.39. The quantitative estimate of drug-likeness (QED) is 0.813. The molecule has 0 spiro atoms. The second-order valence-corrected chi connectivity index (χ2v) is 6.40. The maximum absolute atomic E-state index is 6.54. The third kappa shape index (κ3) is 1.80. The lowest BCUT2D eigenvalue weighted by Gasteiger charge is -2.31. The molecular formula is C13H20N2S. The molecular weight excluding hydrogens is 216 g/mol. The van der Waals surface area contributed by atoms with Crippen molar-refractivity contribution in [2.24, 2.45) is 5.73 Å². The third-order valence-corrected chi connectivity index (χ3v) is 5.39. The second kappa shape index (κ2) is 4.11. The van der Waals surface area contributed by atoms with E-state index in [1.165, 1.54) is 60.5 Å². The van der Waals surface area contributed by atoms with Gasteiger partial charge in [-0.1, -0.05) is 19.3 Å². The van der Waals surface area contributed by atoms with Crippen LogP contribution < -0.4 is 5.73 Å². The number of fused-ring (bicyclic) bond motifs is 1. The van der Waals surface area contributed by atoms with Gasteiger partial charge in [-0.05, 0) is 38.5 Å². The molecule has 2 aliphatic rings. The monoisotopic (exact) mass is 236 g/mol. The molecule has 0 bridgehead atoms. The first-order valence-corrected chi connectivity index (χ1v) is 7.37. The van der Waals surface area contributed by atoms with Crippen LogP contribution in [0.3, 0.4) is 0 Å². The molecule has 2 N–H and O–H groups in total. The molecule has 1 heterocycles. The SMILES string of the molecule is NC1(c2nc3c(s2)CCCC3)CCCCC1. The Balaban J connectivity index is 1.90. The second-order valence-electron chi connectivity index (χ2n) is 5.31. The van der Waals surface area contributed by atoms with E-state index >= 15 is 0 Å². The number of hydrogen-bond acceptors (Lipinski definition) is 3. The van der Waals surface area contributed by atoms with Gasteiger partial charge in [0.2, 0.25) is 0 Å². The summed E-state index contributed by atoms with van der Waals surface area (Å²) in [5.41, 5.74) is 7.82. The zero-order valence-electron chi connectivity index (χ0n) is 9.80. The maximum Gasteiger partial charge on any atom is 0.113 e. The summed E-state index contributed by atoms with van der Waals surface area (Å²) in [6.07, 6.45) is 11.3. The van der Waals surface area contributed by atoms with Gasteiger partial charge >= 0.3 is 0 Å². The highest BCUT2D eigenvalue weighted by Gasteiger charge is 2.33. The van der Waals surface area contributed by atoms with E-state index < -0.39 is 0 Å². The van der Waals surface area contributed by atoms with Crippen LogP contribution in [0.5, 0.6) is 0 Å². The number of nitrogens with two attached hydrogens (primary N) is 1. The van der Waals surface area contributed by atoms with Crippen LogP contribution in [0.15, 0.2) is 0 Å². The Morgan fingerprint density at radius 1 is 1.00 bits per heavy atom. The molecule has 1 aromatic rings. The fraction of sp³-hybridized carbons (Fsp3) is 0.769. The van der Waals surface area contributed by atoms with Gasteiger partial charge in [-0.2, -0.15) is 0 Å². The number of rotatable bonds is 1. The molecule has 16 heavy (non-hydrogen) atoms. The molecule has 1 fully saturated rings. The van der Waals surface area contributed by atoms with Crippen molar-refractivity contribution in [2.45, 2.75) is 63.3 Å².